The molecule has 0 saturated heterocycles. The van der Waals surface area contributed by atoms with E-state index in [1.807, 2.05) is 22.7 Å². The molecule has 0 saturated carbocycles. The average Bonchev–Trinajstić information content (AvgIpc) is 3.84. The Bertz CT molecular complexity index is 3030. The van der Waals surface area contributed by atoms with Gasteiger partial charge in [-0.1, -0.05) is 122 Å². The fourth-order valence-corrected chi connectivity index (χ4v) is 10.4. The molecule has 236 valence electrons. The highest BCUT2D eigenvalue weighted by molar-refractivity contribution is 7.26. The molecule has 1 aliphatic rings. The quantitative estimate of drug-likeness (QED) is 0.187. The molecule has 0 amide bonds. The molecule has 4 heterocycles. The van der Waals surface area contributed by atoms with Crippen molar-refractivity contribution in [2.24, 2.45) is 5.92 Å². The van der Waals surface area contributed by atoms with Crippen LogP contribution in [0.2, 0.25) is 0 Å². The third kappa shape index (κ3) is 4.08. The summed E-state index contributed by atoms with van der Waals surface area (Å²) in [6.45, 7) is 2.29. The van der Waals surface area contributed by atoms with Gasteiger partial charge in [0.25, 0.3) is 0 Å². The van der Waals surface area contributed by atoms with Crippen molar-refractivity contribution in [2.45, 2.75) is 13.3 Å². The summed E-state index contributed by atoms with van der Waals surface area (Å²) in [6, 6.07) is 46.3. The molecule has 0 bridgehead atoms. The van der Waals surface area contributed by atoms with Crippen LogP contribution >= 0.6 is 22.7 Å². The first kappa shape index (κ1) is 28.2. The molecule has 1 atom stereocenters. The third-order valence-electron chi connectivity index (χ3n) is 10.4. The molecule has 0 N–H and O–H groups in total. The Morgan fingerprint density at radius 2 is 1.48 bits per heavy atom. The Labute approximate surface area is 296 Å². The van der Waals surface area contributed by atoms with Crippen molar-refractivity contribution in [3.63, 3.8) is 0 Å². The Hall–Kier alpha value is -5.62. The summed E-state index contributed by atoms with van der Waals surface area (Å²) in [5, 5.41) is 7.66. The minimum atomic E-state index is 0.473. The predicted octanol–water partition coefficient (Wildman–Crippen LogP) is 12.8. The number of hydrogen-bond donors (Lipinski definition) is 0. The molecule has 4 aromatic heterocycles. The summed E-state index contributed by atoms with van der Waals surface area (Å²) in [5.41, 5.74) is 9.14. The van der Waals surface area contributed by atoms with Crippen LogP contribution in [0.1, 0.15) is 17.4 Å². The summed E-state index contributed by atoms with van der Waals surface area (Å²) in [6.07, 6.45) is 5.60. The summed E-state index contributed by atoms with van der Waals surface area (Å²) < 4.78 is 6.10. The van der Waals surface area contributed by atoms with Crippen LogP contribution in [-0.2, 0) is 6.42 Å². The monoisotopic (exact) mass is 675 g/mol. The topological polar surface area (TPSA) is 30.7 Å². The fourth-order valence-electron chi connectivity index (χ4n) is 8.07. The van der Waals surface area contributed by atoms with Gasteiger partial charge in [0.1, 0.15) is 0 Å². The van der Waals surface area contributed by atoms with Crippen LogP contribution in [0.5, 0.6) is 0 Å². The van der Waals surface area contributed by atoms with E-state index in [0.717, 1.165) is 38.9 Å². The number of para-hydroxylation sites is 2. The lowest BCUT2D eigenvalue weighted by Crippen LogP contribution is -2.05. The Balaban J connectivity index is 1.21. The number of aromatic nitrogens is 3. The van der Waals surface area contributed by atoms with Gasteiger partial charge in [-0.3, -0.25) is 4.57 Å². The molecule has 5 heteroatoms. The first-order chi connectivity index (χ1) is 24.7. The van der Waals surface area contributed by atoms with Gasteiger partial charge in [0.2, 0.25) is 5.95 Å². The van der Waals surface area contributed by atoms with Gasteiger partial charge in [-0.05, 0) is 58.5 Å². The molecule has 6 aromatic carbocycles. The van der Waals surface area contributed by atoms with E-state index in [-0.39, 0.29) is 0 Å². The number of allylic oxidation sites excluding steroid dienone is 1. The van der Waals surface area contributed by atoms with Gasteiger partial charge in [-0.2, -0.15) is 0 Å². The van der Waals surface area contributed by atoms with Gasteiger partial charge in [-0.25, -0.2) is 9.97 Å². The lowest BCUT2D eigenvalue weighted by molar-refractivity contribution is 0.722. The minimum Gasteiger partial charge on any atom is -0.277 e. The SMILES string of the molecule is CC1C=Cc2sc3c(-c4ccccc4)nc(-n4c5ccccc5c5cccc(-c6ccc7c(c6)sc6ccc8ccccc8c67)c54)nc3c2C1. The maximum absolute atomic E-state index is 5.48. The Morgan fingerprint density at radius 1 is 0.660 bits per heavy atom. The van der Waals surface area contributed by atoms with Gasteiger partial charge >= 0.3 is 0 Å². The zero-order valence-electron chi connectivity index (χ0n) is 27.2. The van der Waals surface area contributed by atoms with Gasteiger partial charge in [0.15, 0.2) is 0 Å². The van der Waals surface area contributed by atoms with Crippen molar-refractivity contribution in [3.8, 4) is 28.3 Å². The third-order valence-corrected chi connectivity index (χ3v) is 12.7. The first-order valence-electron chi connectivity index (χ1n) is 17.1. The van der Waals surface area contributed by atoms with Crippen LogP contribution in [-0.4, -0.2) is 14.5 Å². The van der Waals surface area contributed by atoms with Crippen molar-refractivity contribution in [1.82, 2.24) is 14.5 Å². The van der Waals surface area contributed by atoms with E-state index in [1.54, 1.807) is 0 Å². The minimum absolute atomic E-state index is 0.473. The van der Waals surface area contributed by atoms with Crippen molar-refractivity contribution in [2.75, 3.05) is 0 Å². The van der Waals surface area contributed by atoms with E-state index < -0.39 is 0 Å². The number of hydrogen-bond acceptors (Lipinski definition) is 4. The van der Waals surface area contributed by atoms with Crippen LogP contribution in [0.3, 0.4) is 0 Å². The standard InChI is InChI=1S/C45H29N3S2/c1-26-18-22-37-35(24-26)42-44(50-37)41(28-11-3-2-4-12-28)46-45(47-42)48-36-17-8-7-14-32(36)33-16-9-15-31(43(33)48)29-19-21-34-39(25-29)49-38-23-20-27-10-5-6-13-30(27)40(34)38/h2-23,25-26H,24H2,1H3. The smallest absolute Gasteiger partial charge is 0.235 e. The van der Waals surface area contributed by atoms with Crippen LogP contribution < -0.4 is 0 Å². The molecule has 0 aliphatic heterocycles. The van der Waals surface area contributed by atoms with E-state index in [2.05, 4.69) is 151 Å². The van der Waals surface area contributed by atoms with Crippen molar-refractivity contribution < 1.29 is 0 Å². The van der Waals surface area contributed by atoms with Crippen molar-refractivity contribution in [1.29, 1.82) is 0 Å². The van der Waals surface area contributed by atoms with E-state index >= 15 is 0 Å². The van der Waals surface area contributed by atoms with E-state index in [9.17, 15) is 0 Å². The van der Waals surface area contributed by atoms with Gasteiger partial charge in [0.05, 0.1) is 26.9 Å². The van der Waals surface area contributed by atoms with Crippen LogP contribution in [0.15, 0.2) is 133 Å². The molecule has 0 radical (unpaired) electrons. The highest BCUT2D eigenvalue weighted by atomic mass is 32.1. The number of fused-ring (bicyclic) bond motifs is 11. The number of nitrogens with zero attached hydrogens (tertiary/aromatic N) is 3. The maximum Gasteiger partial charge on any atom is 0.235 e. The molecular formula is C45H29N3S2. The van der Waals surface area contributed by atoms with E-state index in [0.29, 0.717) is 11.9 Å². The van der Waals surface area contributed by atoms with E-state index in [4.69, 9.17) is 9.97 Å². The lowest BCUT2D eigenvalue weighted by Gasteiger charge is -2.14. The Kier molecular flexibility index (Phi) is 6.04. The Morgan fingerprint density at radius 3 is 2.40 bits per heavy atom. The predicted molar refractivity (Wildman–Crippen MR) is 215 cm³/mol. The highest BCUT2D eigenvalue weighted by Gasteiger charge is 2.25. The van der Waals surface area contributed by atoms with Crippen LogP contribution in [0.25, 0.3) is 97.4 Å². The second kappa shape index (κ2) is 10.7. The number of benzene rings is 6. The highest BCUT2D eigenvalue weighted by Crippen LogP contribution is 2.44. The molecule has 3 nitrogen and oxygen atoms in total. The number of rotatable bonds is 3. The van der Waals surface area contributed by atoms with Gasteiger partial charge in [0, 0.05) is 46.9 Å². The second-order valence-electron chi connectivity index (χ2n) is 13.4. The van der Waals surface area contributed by atoms with Crippen molar-refractivity contribution in [3.05, 3.63) is 144 Å². The van der Waals surface area contributed by atoms with Crippen LogP contribution in [0, 0.1) is 5.92 Å². The molecule has 11 rings (SSSR count). The lowest BCUT2D eigenvalue weighted by atomic mass is 9.95. The van der Waals surface area contributed by atoms with Crippen molar-refractivity contribution >= 4 is 91.7 Å². The molecule has 1 aliphatic carbocycles. The summed E-state index contributed by atoms with van der Waals surface area (Å²) in [7, 11) is 0. The zero-order chi connectivity index (χ0) is 32.9. The van der Waals surface area contributed by atoms with Gasteiger partial charge in [-0.15, -0.1) is 22.7 Å². The molecule has 50 heavy (non-hydrogen) atoms. The molecule has 10 aromatic rings. The fraction of sp³-hybridized carbons (Fsp3) is 0.0667. The molecule has 1 unspecified atom stereocenters. The largest absolute Gasteiger partial charge is 0.277 e. The van der Waals surface area contributed by atoms with Gasteiger partial charge < -0.3 is 0 Å². The molecule has 0 fully saturated rings. The van der Waals surface area contributed by atoms with E-state index in [1.165, 1.54) is 63.3 Å². The maximum atomic E-state index is 5.48. The van der Waals surface area contributed by atoms with Crippen LogP contribution in [0.4, 0.5) is 0 Å². The molecular weight excluding hydrogens is 647 g/mol. The summed E-state index contributed by atoms with van der Waals surface area (Å²) in [4.78, 5) is 12.2. The summed E-state index contributed by atoms with van der Waals surface area (Å²) in [5.74, 6) is 1.19. The number of thiophene rings is 2. The zero-order valence-corrected chi connectivity index (χ0v) is 28.9. The average molecular weight is 676 g/mol. The molecule has 0 spiro atoms. The first-order valence-corrected chi connectivity index (χ1v) is 18.8. The summed E-state index contributed by atoms with van der Waals surface area (Å²) >= 11 is 3.70. The normalized spacial score (nSPS) is 14.5. The second-order valence-corrected chi connectivity index (χ2v) is 15.6.